The van der Waals surface area contributed by atoms with E-state index in [9.17, 15) is 19.6 Å². The molecule has 2 fully saturated rings. The SMILES string of the molecule is CC(C)OC(=O)N1CCC([C@@H](C)Oc2ccc(-c3ccc4c(c3)CN(C(=O)OC(C)(C)C)[C@H](C(=O)N3CCC[C@H]3C#N)C4)cn2)CC1. The summed E-state index contributed by atoms with van der Waals surface area (Å²) in [6.07, 6.45) is 4.24. The fraction of sp³-hybridized carbons (Fsp3) is 0.583. The molecule has 3 amide bonds. The van der Waals surface area contributed by atoms with Gasteiger partial charge >= 0.3 is 12.2 Å². The van der Waals surface area contributed by atoms with Crippen LogP contribution in [-0.4, -0.2) is 87.3 Å². The number of nitrogens with zero attached hydrogens (tertiary/aromatic N) is 5. The predicted molar refractivity (Wildman–Crippen MR) is 175 cm³/mol. The molecule has 11 nitrogen and oxygen atoms in total. The molecule has 0 radical (unpaired) electrons. The molecule has 3 atom stereocenters. The summed E-state index contributed by atoms with van der Waals surface area (Å²) in [5.41, 5.74) is 3.05. The third-order valence-electron chi connectivity index (χ3n) is 9.11. The summed E-state index contributed by atoms with van der Waals surface area (Å²) in [6, 6.07) is 10.9. The summed E-state index contributed by atoms with van der Waals surface area (Å²) in [4.78, 5) is 48.8. The average Bonchev–Trinajstić information content (AvgIpc) is 3.52. The van der Waals surface area contributed by atoms with Crippen molar-refractivity contribution >= 4 is 18.1 Å². The lowest BCUT2D eigenvalue weighted by molar-refractivity contribution is -0.137. The maximum absolute atomic E-state index is 13.7. The highest BCUT2D eigenvalue weighted by atomic mass is 16.6. The Balaban J connectivity index is 1.26. The van der Waals surface area contributed by atoms with Crippen molar-refractivity contribution in [2.45, 2.75) is 110 Å². The number of pyridine rings is 1. The van der Waals surface area contributed by atoms with E-state index in [0.717, 1.165) is 41.5 Å². The zero-order valence-corrected chi connectivity index (χ0v) is 28.4. The van der Waals surface area contributed by atoms with Gasteiger partial charge in [0.25, 0.3) is 0 Å². The standard InChI is InChI=1S/C36H47N5O6/c1-23(2)45-34(43)39-16-13-25(14-17-39)24(3)46-32-12-11-28(21-38-32)26-9-10-27-19-31(33(42)40-15-7-8-30(40)20-37)41(22-29(27)18-26)35(44)47-36(4,5)6/h9-12,18,21,23-25,30-31H,7-8,13-17,19,22H2,1-6H3/t24-,30+,31+/m1/s1. The van der Waals surface area contributed by atoms with Crippen LogP contribution in [0.15, 0.2) is 36.5 Å². The maximum Gasteiger partial charge on any atom is 0.411 e. The van der Waals surface area contributed by atoms with E-state index in [0.29, 0.717) is 44.3 Å². The Morgan fingerprint density at radius 3 is 2.30 bits per heavy atom. The van der Waals surface area contributed by atoms with Crippen molar-refractivity contribution in [1.29, 1.82) is 5.26 Å². The fourth-order valence-corrected chi connectivity index (χ4v) is 6.59. The van der Waals surface area contributed by atoms with Gasteiger partial charge in [0.05, 0.1) is 18.7 Å². The number of benzene rings is 1. The van der Waals surface area contributed by atoms with Crippen LogP contribution in [0.5, 0.6) is 5.88 Å². The molecule has 11 heteroatoms. The minimum atomic E-state index is -0.738. The summed E-state index contributed by atoms with van der Waals surface area (Å²) in [7, 11) is 0. The van der Waals surface area contributed by atoms with Gasteiger partial charge in [-0.2, -0.15) is 5.26 Å². The Labute approximate surface area is 277 Å². The normalized spacial score (nSPS) is 20.8. The van der Waals surface area contributed by atoms with Gasteiger partial charge in [0.1, 0.15) is 23.8 Å². The van der Waals surface area contributed by atoms with Gasteiger partial charge in [0.2, 0.25) is 11.8 Å². The molecule has 0 bridgehead atoms. The van der Waals surface area contributed by atoms with Crippen LogP contribution < -0.4 is 4.74 Å². The Kier molecular flexibility index (Phi) is 10.3. The van der Waals surface area contributed by atoms with E-state index >= 15 is 0 Å². The minimum absolute atomic E-state index is 0.0566. The molecule has 1 aromatic carbocycles. The summed E-state index contributed by atoms with van der Waals surface area (Å²) < 4.78 is 17.3. The molecule has 2 saturated heterocycles. The van der Waals surface area contributed by atoms with Crippen molar-refractivity contribution < 1.29 is 28.6 Å². The first kappa shape index (κ1) is 34.0. The van der Waals surface area contributed by atoms with Crippen molar-refractivity contribution in [3.05, 3.63) is 47.7 Å². The largest absolute Gasteiger partial charge is 0.474 e. The van der Waals surface area contributed by atoms with E-state index in [4.69, 9.17) is 14.2 Å². The Hall–Kier alpha value is -4.33. The van der Waals surface area contributed by atoms with Gasteiger partial charge in [-0.25, -0.2) is 14.6 Å². The molecule has 47 heavy (non-hydrogen) atoms. The van der Waals surface area contributed by atoms with E-state index in [2.05, 4.69) is 11.1 Å². The van der Waals surface area contributed by atoms with Crippen molar-refractivity contribution in [3.8, 4) is 23.1 Å². The molecule has 5 rings (SSSR count). The molecule has 1 aromatic heterocycles. The van der Waals surface area contributed by atoms with Crippen molar-refractivity contribution in [1.82, 2.24) is 19.7 Å². The predicted octanol–water partition coefficient (Wildman–Crippen LogP) is 5.95. The molecule has 4 heterocycles. The molecule has 3 aliphatic rings. The van der Waals surface area contributed by atoms with Crippen LogP contribution in [0, 0.1) is 17.2 Å². The van der Waals surface area contributed by atoms with Crippen LogP contribution in [0.3, 0.4) is 0 Å². The van der Waals surface area contributed by atoms with Crippen LogP contribution in [0.1, 0.15) is 78.4 Å². The van der Waals surface area contributed by atoms with E-state index in [-0.39, 0.29) is 30.8 Å². The number of rotatable bonds is 6. The second-order valence-electron chi connectivity index (χ2n) is 14.1. The van der Waals surface area contributed by atoms with Crippen molar-refractivity contribution in [2.75, 3.05) is 19.6 Å². The van der Waals surface area contributed by atoms with Gasteiger partial charge in [-0.1, -0.05) is 12.1 Å². The molecule has 3 aliphatic heterocycles. The van der Waals surface area contributed by atoms with E-state index in [1.165, 1.54) is 4.90 Å². The molecular weight excluding hydrogens is 598 g/mol. The second-order valence-corrected chi connectivity index (χ2v) is 14.1. The first-order valence-electron chi connectivity index (χ1n) is 16.7. The summed E-state index contributed by atoms with van der Waals surface area (Å²) in [5, 5.41) is 9.60. The monoisotopic (exact) mass is 645 g/mol. The van der Waals surface area contributed by atoms with Crippen LogP contribution in [0.4, 0.5) is 9.59 Å². The highest BCUT2D eigenvalue weighted by Crippen LogP contribution is 2.32. The first-order chi connectivity index (χ1) is 22.3. The minimum Gasteiger partial charge on any atom is -0.474 e. The van der Waals surface area contributed by atoms with E-state index in [1.54, 1.807) is 36.8 Å². The number of hydrogen-bond donors (Lipinski definition) is 0. The number of fused-ring (bicyclic) bond motifs is 1. The maximum atomic E-state index is 13.7. The lowest BCUT2D eigenvalue weighted by Gasteiger charge is -2.39. The zero-order chi connectivity index (χ0) is 33.9. The quantitative estimate of drug-likeness (QED) is 0.378. The van der Waals surface area contributed by atoms with Crippen LogP contribution in [0.2, 0.25) is 0 Å². The number of piperidine rings is 1. The topological polar surface area (TPSA) is 125 Å². The number of likely N-dealkylation sites (tertiary alicyclic amines) is 2. The first-order valence-corrected chi connectivity index (χ1v) is 16.7. The Morgan fingerprint density at radius 2 is 1.66 bits per heavy atom. The van der Waals surface area contributed by atoms with Gasteiger partial charge < -0.3 is 24.0 Å². The van der Waals surface area contributed by atoms with Crippen molar-refractivity contribution in [3.63, 3.8) is 0 Å². The zero-order valence-electron chi connectivity index (χ0n) is 28.4. The second kappa shape index (κ2) is 14.2. The number of carbonyl (C=O) groups excluding carboxylic acids is 3. The molecule has 0 spiro atoms. The fourth-order valence-electron chi connectivity index (χ4n) is 6.59. The average molecular weight is 646 g/mol. The molecule has 0 saturated carbocycles. The molecular formula is C36H47N5O6. The van der Waals surface area contributed by atoms with Crippen molar-refractivity contribution in [2.24, 2.45) is 5.92 Å². The summed E-state index contributed by atoms with van der Waals surface area (Å²) >= 11 is 0. The number of ether oxygens (including phenoxy) is 3. The number of aromatic nitrogens is 1. The highest BCUT2D eigenvalue weighted by Gasteiger charge is 2.42. The molecule has 2 aromatic rings. The number of amides is 3. The van der Waals surface area contributed by atoms with Gasteiger partial charge in [0, 0.05) is 43.9 Å². The number of nitriles is 1. The van der Waals surface area contributed by atoms with Crippen LogP contribution in [-0.2, 0) is 27.2 Å². The molecule has 0 unspecified atom stereocenters. The lowest BCUT2D eigenvalue weighted by atomic mass is 9.90. The Morgan fingerprint density at radius 1 is 0.936 bits per heavy atom. The molecule has 0 N–H and O–H groups in total. The van der Waals surface area contributed by atoms with Gasteiger partial charge in [-0.05, 0) is 102 Å². The van der Waals surface area contributed by atoms with Gasteiger partial charge in [-0.3, -0.25) is 9.69 Å². The summed E-state index contributed by atoms with van der Waals surface area (Å²) in [6.45, 7) is 13.2. The van der Waals surface area contributed by atoms with E-state index in [1.807, 2.05) is 51.1 Å². The lowest BCUT2D eigenvalue weighted by Crippen LogP contribution is -2.55. The van der Waals surface area contributed by atoms with Crippen LogP contribution in [0.25, 0.3) is 11.1 Å². The smallest absolute Gasteiger partial charge is 0.411 e. The number of carbonyl (C=O) groups is 3. The Bertz CT molecular complexity index is 1490. The number of hydrogen-bond acceptors (Lipinski definition) is 8. The van der Waals surface area contributed by atoms with E-state index < -0.39 is 23.8 Å². The van der Waals surface area contributed by atoms with Gasteiger partial charge in [-0.15, -0.1) is 0 Å². The van der Waals surface area contributed by atoms with Gasteiger partial charge in [0.15, 0.2) is 0 Å². The molecule has 252 valence electrons. The highest BCUT2D eigenvalue weighted by molar-refractivity contribution is 5.87. The third kappa shape index (κ3) is 8.16. The third-order valence-corrected chi connectivity index (χ3v) is 9.11. The molecule has 0 aliphatic carbocycles. The summed E-state index contributed by atoms with van der Waals surface area (Å²) in [5.74, 6) is 0.638. The van der Waals surface area contributed by atoms with Crippen LogP contribution >= 0.6 is 0 Å².